The van der Waals surface area contributed by atoms with Crippen LogP contribution < -0.4 is 10.5 Å². The summed E-state index contributed by atoms with van der Waals surface area (Å²) in [5.74, 6) is 0. The fourth-order valence-electron chi connectivity index (χ4n) is 0.980. The second-order valence-corrected chi connectivity index (χ2v) is 2.32. The van der Waals surface area contributed by atoms with E-state index in [2.05, 4.69) is 5.32 Å². The summed E-state index contributed by atoms with van der Waals surface area (Å²) in [5.41, 5.74) is 0.872. The number of hydrogen-bond donors (Lipinski definition) is 2. The molecule has 0 spiro atoms. The molecule has 0 aliphatic carbocycles. The topological polar surface area (TPSA) is 58.6 Å². The van der Waals surface area contributed by atoms with Gasteiger partial charge in [0.25, 0.3) is 0 Å². The number of rotatable bonds is 3. The third kappa shape index (κ3) is 1.87. The molecule has 0 aliphatic heterocycles. The van der Waals surface area contributed by atoms with Crippen molar-refractivity contribution in [3.8, 4) is 0 Å². The van der Waals surface area contributed by atoms with Crippen molar-refractivity contribution in [1.29, 1.82) is 0 Å². The zero-order chi connectivity index (χ0) is 8.97. The third-order valence-electron chi connectivity index (χ3n) is 1.48. The van der Waals surface area contributed by atoms with Gasteiger partial charge in [0.1, 0.15) is 0 Å². The van der Waals surface area contributed by atoms with Crippen molar-refractivity contribution in [2.24, 2.45) is 0 Å². The maximum Gasteiger partial charge on any atom is 0.0741 e. The Balaban J connectivity index is 2.92. The Morgan fingerprint density at radius 2 is 2.17 bits per heavy atom. The van der Waals surface area contributed by atoms with Gasteiger partial charge >= 0.3 is 0 Å². The predicted molar refractivity (Wildman–Crippen MR) is 48.2 cm³/mol. The Hall–Kier alpha value is -1.26. The minimum atomic E-state index is -0.141. The van der Waals surface area contributed by atoms with Gasteiger partial charge in [-0.1, -0.05) is 12.1 Å². The molecule has 0 unspecified atom stereocenters. The van der Waals surface area contributed by atoms with Gasteiger partial charge in [-0.05, 0) is 19.1 Å². The molecule has 12 heavy (non-hydrogen) atoms. The quantitative estimate of drug-likeness (QED) is 0.674. The summed E-state index contributed by atoms with van der Waals surface area (Å²) >= 11 is 0. The van der Waals surface area contributed by atoms with Gasteiger partial charge in [0.2, 0.25) is 0 Å². The highest BCUT2D eigenvalue weighted by atomic mass is 16.8. The molecular formula is C8H11N2O2-. The van der Waals surface area contributed by atoms with E-state index in [1.54, 1.807) is 24.3 Å². The highest BCUT2D eigenvalue weighted by Crippen LogP contribution is 2.22. The van der Waals surface area contributed by atoms with Gasteiger partial charge in [0, 0.05) is 6.54 Å². The van der Waals surface area contributed by atoms with Crippen LogP contribution in [0.4, 0.5) is 11.4 Å². The van der Waals surface area contributed by atoms with Gasteiger partial charge in [-0.25, -0.2) is 0 Å². The minimum Gasteiger partial charge on any atom is -0.733 e. The van der Waals surface area contributed by atoms with Gasteiger partial charge in [0.15, 0.2) is 0 Å². The van der Waals surface area contributed by atoms with E-state index in [0.717, 1.165) is 0 Å². The van der Waals surface area contributed by atoms with E-state index in [4.69, 9.17) is 5.21 Å². The van der Waals surface area contributed by atoms with Crippen LogP contribution in [-0.4, -0.2) is 11.8 Å². The molecule has 1 rings (SSSR count). The van der Waals surface area contributed by atoms with E-state index >= 15 is 0 Å². The summed E-state index contributed by atoms with van der Waals surface area (Å²) in [6.45, 7) is 2.63. The number of nitrogens with zero attached hydrogens (tertiary/aromatic N) is 1. The highest BCUT2D eigenvalue weighted by Gasteiger charge is 1.98. The van der Waals surface area contributed by atoms with Gasteiger partial charge in [-0.15, -0.1) is 0 Å². The Bertz CT molecular complexity index is 251. The third-order valence-corrected chi connectivity index (χ3v) is 1.48. The molecule has 0 amide bonds. The number of hydrogen-bond acceptors (Lipinski definition) is 4. The van der Waals surface area contributed by atoms with Crippen LogP contribution in [-0.2, 0) is 0 Å². The fourth-order valence-corrected chi connectivity index (χ4v) is 0.980. The van der Waals surface area contributed by atoms with Crippen LogP contribution >= 0.6 is 0 Å². The van der Waals surface area contributed by atoms with Crippen molar-refractivity contribution < 1.29 is 5.21 Å². The first kappa shape index (κ1) is 8.83. The first-order valence-electron chi connectivity index (χ1n) is 3.74. The van der Waals surface area contributed by atoms with Gasteiger partial charge in [0.05, 0.1) is 11.4 Å². The van der Waals surface area contributed by atoms with Gasteiger partial charge < -0.3 is 15.8 Å². The number of anilines is 2. The standard InChI is InChI=1S/C8H11N2O2/c1-2-9-7-5-3-4-6-8(7)10(11)12/h3-6,9,11H,2H2,1H3/q-1. The van der Waals surface area contributed by atoms with Crippen molar-refractivity contribution in [2.45, 2.75) is 6.92 Å². The van der Waals surface area contributed by atoms with Crippen LogP contribution in [0.3, 0.4) is 0 Å². The maximum absolute atomic E-state index is 10.6. The Morgan fingerprint density at radius 1 is 1.50 bits per heavy atom. The molecule has 2 N–H and O–H groups in total. The molecule has 0 saturated carbocycles. The number of benzene rings is 1. The smallest absolute Gasteiger partial charge is 0.0741 e. The first-order valence-corrected chi connectivity index (χ1v) is 3.74. The van der Waals surface area contributed by atoms with E-state index in [1.165, 1.54) is 0 Å². The predicted octanol–water partition coefficient (Wildman–Crippen LogP) is 1.81. The van der Waals surface area contributed by atoms with Crippen LogP contribution in [0.15, 0.2) is 24.3 Å². The SMILES string of the molecule is CCNc1ccccc1N([O-])O. The van der Waals surface area contributed by atoms with Crippen LogP contribution in [0.25, 0.3) is 0 Å². The van der Waals surface area contributed by atoms with Crippen molar-refractivity contribution >= 4 is 11.4 Å². The summed E-state index contributed by atoms with van der Waals surface area (Å²) in [7, 11) is 0. The summed E-state index contributed by atoms with van der Waals surface area (Å²) in [6, 6.07) is 6.77. The van der Waals surface area contributed by atoms with Crippen molar-refractivity contribution in [2.75, 3.05) is 17.1 Å². The van der Waals surface area contributed by atoms with E-state index < -0.39 is 0 Å². The molecule has 0 fully saturated rings. The zero-order valence-corrected chi connectivity index (χ0v) is 6.82. The number of nitrogens with one attached hydrogen (secondary N) is 1. The lowest BCUT2D eigenvalue weighted by atomic mass is 10.2. The largest absolute Gasteiger partial charge is 0.733 e. The lowest BCUT2D eigenvalue weighted by molar-refractivity contribution is 0.297. The molecule has 4 nitrogen and oxygen atoms in total. The van der Waals surface area contributed by atoms with E-state index in [9.17, 15) is 5.21 Å². The van der Waals surface area contributed by atoms with Crippen molar-refractivity contribution in [1.82, 2.24) is 0 Å². The number of para-hydroxylation sites is 2. The summed E-state index contributed by atoms with van der Waals surface area (Å²) < 4.78 is 0. The summed E-state index contributed by atoms with van der Waals surface area (Å²) in [4.78, 5) is 0. The molecule has 66 valence electrons. The Labute approximate surface area is 71.0 Å². The molecule has 0 radical (unpaired) electrons. The molecule has 0 atom stereocenters. The normalized spacial score (nSPS) is 9.58. The van der Waals surface area contributed by atoms with E-state index in [0.29, 0.717) is 12.2 Å². The first-order chi connectivity index (χ1) is 5.75. The second kappa shape index (κ2) is 3.94. The summed E-state index contributed by atoms with van der Waals surface area (Å²) in [5, 5.41) is 22.1. The average Bonchev–Trinajstić information content (AvgIpc) is 2.05. The van der Waals surface area contributed by atoms with Crippen molar-refractivity contribution in [3.05, 3.63) is 29.5 Å². The molecular weight excluding hydrogens is 156 g/mol. The van der Waals surface area contributed by atoms with Crippen LogP contribution in [0.2, 0.25) is 0 Å². The molecule has 0 aliphatic rings. The zero-order valence-electron chi connectivity index (χ0n) is 6.82. The molecule has 0 saturated heterocycles. The molecule has 1 aromatic carbocycles. The van der Waals surface area contributed by atoms with Crippen LogP contribution in [0.5, 0.6) is 0 Å². The lowest BCUT2D eigenvalue weighted by Gasteiger charge is -2.24. The minimum absolute atomic E-state index is 0.141. The molecule has 1 aromatic rings. The van der Waals surface area contributed by atoms with Gasteiger partial charge in [-0.2, -0.15) is 0 Å². The fraction of sp³-hybridized carbons (Fsp3) is 0.250. The Morgan fingerprint density at radius 3 is 2.75 bits per heavy atom. The van der Waals surface area contributed by atoms with Crippen LogP contribution in [0.1, 0.15) is 6.92 Å². The average molecular weight is 167 g/mol. The molecule has 4 heteroatoms. The lowest BCUT2D eigenvalue weighted by Crippen LogP contribution is -2.10. The van der Waals surface area contributed by atoms with Crippen LogP contribution in [0, 0.1) is 5.21 Å². The Kier molecular flexibility index (Phi) is 2.90. The second-order valence-electron chi connectivity index (χ2n) is 2.32. The molecule has 0 heterocycles. The monoisotopic (exact) mass is 167 g/mol. The van der Waals surface area contributed by atoms with Gasteiger partial charge in [-0.3, -0.25) is 5.21 Å². The van der Waals surface area contributed by atoms with Crippen molar-refractivity contribution in [3.63, 3.8) is 0 Å². The highest BCUT2D eigenvalue weighted by molar-refractivity contribution is 5.68. The maximum atomic E-state index is 10.6. The molecule has 0 aromatic heterocycles. The van der Waals surface area contributed by atoms with E-state index in [-0.39, 0.29) is 10.9 Å². The summed E-state index contributed by atoms with van der Waals surface area (Å²) in [6.07, 6.45) is 0. The van der Waals surface area contributed by atoms with E-state index in [1.807, 2.05) is 6.92 Å². The molecule has 0 bridgehead atoms.